The van der Waals surface area contributed by atoms with Gasteiger partial charge < -0.3 is 29.3 Å². The minimum Gasteiger partial charge on any atom is -0.480 e. The Labute approximate surface area is 308 Å². The Kier molecular flexibility index (Phi) is 12.4. The zero-order valence-electron chi connectivity index (χ0n) is 30.3. The third kappa shape index (κ3) is 8.78. The van der Waals surface area contributed by atoms with Gasteiger partial charge in [-0.15, -0.1) is 0 Å². The lowest BCUT2D eigenvalue weighted by atomic mass is 9.99. The Bertz CT molecular complexity index is 2020. The van der Waals surface area contributed by atoms with Gasteiger partial charge in [0.2, 0.25) is 0 Å². The molecule has 1 N–H and O–H groups in total. The van der Waals surface area contributed by atoms with E-state index in [4.69, 9.17) is 14.4 Å². The van der Waals surface area contributed by atoms with Gasteiger partial charge in [0.1, 0.15) is 26.3 Å². The molecule has 12 heteroatoms. The summed E-state index contributed by atoms with van der Waals surface area (Å²) in [4.78, 5) is 61.6. The van der Waals surface area contributed by atoms with Crippen LogP contribution in [-0.2, 0) is 24.0 Å². The molecule has 0 radical (unpaired) electrons. The van der Waals surface area contributed by atoms with E-state index in [0.29, 0.717) is 29.0 Å². The lowest BCUT2D eigenvalue weighted by Crippen LogP contribution is -2.41. The Hall–Kier alpha value is -6.30. The molecule has 0 aliphatic carbocycles. The number of rotatable bonds is 8. The lowest BCUT2D eigenvalue weighted by Gasteiger charge is -2.22. The van der Waals surface area contributed by atoms with Crippen molar-refractivity contribution in [1.82, 2.24) is 9.80 Å². The first-order chi connectivity index (χ1) is 25.6. The van der Waals surface area contributed by atoms with Gasteiger partial charge in [-0.3, -0.25) is 9.59 Å². The molecule has 0 bridgehead atoms. The fourth-order valence-electron chi connectivity index (χ4n) is 6.50. The number of oxime groups is 2. The van der Waals surface area contributed by atoms with Gasteiger partial charge in [-0.2, -0.15) is 0 Å². The molecule has 2 aliphatic heterocycles. The standard InChI is InChI=1S/C21H22N2O4.C20H20N2O4/c1-14-6-4-5-7-18(14)15-8-10-16(11-9-15)20(24)23-13-17(22-27-3)12-19(23)21(25)26-2;1-13-5-3-4-6-17(13)14-7-9-15(10-8-14)19(23)22-12-16(21-26-2)11-18(22)20(24)25/h4-11,19H,12-13H2,1-3H3;3-10,18H,11-12H2,1-2H3,(H,24,25)/b22-17+;21-16+/t19-;18-/m00/s1. The second kappa shape index (κ2) is 17.3. The molecule has 6 rings (SSSR count). The van der Waals surface area contributed by atoms with Crippen molar-refractivity contribution in [2.45, 2.75) is 38.8 Å². The summed E-state index contributed by atoms with van der Waals surface area (Å²) in [5.74, 6) is -2.06. The molecule has 0 saturated carbocycles. The molecule has 2 fully saturated rings. The van der Waals surface area contributed by atoms with Crippen LogP contribution in [0.4, 0.5) is 0 Å². The molecule has 2 atom stereocenters. The number of hydrogen-bond donors (Lipinski definition) is 1. The van der Waals surface area contributed by atoms with Crippen LogP contribution >= 0.6 is 0 Å². The predicted octanol–water partition coefficient (Wildman–Crippen LogP) is 6.02. The van der Waals surface area contributed by atoms with Gasteiger partial charge in [0.05, 0.1) is 31.6 Å². The summed E-state index contributed by atoms with van der Waals surface area (Å²) in [6, 6.07) is 29.1. The largest absolute Gasteiger partial charge is 0.480 e. The SMILES string of the molecule is CO/N=C1\C[C@@H](C(=O)O)N(C(=O)c2ccc(-c3ccccc3C)cc2)C1.CO/N=C1\C[C@@H](C(=O)OC)N(C(=O)c2ccc(-c3ccccc3C)cc2)C1. The molecule has 0 aromatic heterocycles. The third-order valence-electron chi connectivity index (χ3n) is 9.21. The van der Waals surface area contributed by atoms with Crippen molar-refractivity contribution in [3.63, 3.8) is 0 Å². The van der Waals surface area contributed by atoms with Crippen molar-refractivity contribution in [3.05, 3.63) is 119 Å². The number of aryl methyl sites for hydroxylation is 2. The van der Waals surface area contributed by atoms with Crippen molar-refractivity contribution >= 4 is 35.2 Å². The number of ether oxygens (including phenoxy) is 1. The van der Waals surface area contributed by atoms with Crippen LogP contribution in [0.3, 0.4) is 0 Å². The fraction of sp³-hybridized carbons (Fsp3) is 0.268. The summed E-state index contributed by atoms with van der Waals surface area (Å²) in [7, 11) is 4.15. The maximum Gasteiger partial charge on any atom is 0.329 e. The van der Waals surface area contributed by atoms with E-state index in [0.717, 1.165) is 27.8 Å². The highest BCUT2D eigenvalue weighted by atomic mass is 16.6. The van der Waals surface area contributed by atoms with Crippen LogP contribution in [0.5, 0.6) is 0 Å². The van der Waals surface area contributed by atoms with E-state index in [1.807, 2.05) is 73.7 Å². The molecule has 0 spiro atoms. The monoisotopic (exact) mass is 718 g/mol. The van der Waals surface area contributed by atoms with E-state index in [1.54, 1.807) is 24.3 Å². The number of benzene rings is 4. The quantitative estimate of drug-likeness (QED) is 0.172. The summed E-state index contributed by atoms with van der Waals surface area (Å²) < 4.78 is 4.84. The number of esters is 1. The van der Waals surface area contributed by atoms with Gasteiger partial charge in [0.25, 0.3) is 11.8 Å². The number of hydrogen-bond acceptors (Lipinski definition) is 9. The van der Waals surface area contributed by atoms with Crippen molar-refractivity contribution in [3.8, 4) is 22.3 Å². The molecule has 53 heavy (non-hydrogen) atoms. The first-order valence-corrected chi connectivity index (χ1v) is 17.0. The summed E-state index contributed by atoms with van der Waals surface area (Å²) in [5, 5.41) is 17.1. The van der Waals surface area contributed by atoms with Crippen molar-refractivity contribution < 1.29 is 38.7 Å². The van der Waals surface area contributed by atoms with Crippen LogP contribution in [0, 0.1) is 13.8 Å². The zero-order chi connectivity index (χ0) is 38.1. The molecular weight excluding hydrogens is 676 g/mol. The number of carbonyl (C=O) groups is 4. The number of carboxylic acids is 1. The van der Waals surface area contributed by atoms with Gasteiger partial charge >= 0.3 is 11.9 Å². The van der Waals surface area contributed by atoms with Crippen molar-refractivity contribution in [2.75, 3.05) is 34.4 Å². The van der Waals surface area contributed by atoms with E-state index in [1.165, 1.54) is 36.7 Å². The highest BCUT2D eigenvalue weighted by Gasteiger charge is 2.40. The Morgan fingerprint density at radius 1 is 0.604 bits per heavy atom. The summed E-state index contributed by atoms with van der Waals surface area (Å²) in [6.07, 6.45) is 0.490. The Balaban J connectivity index is 0.000000204. The van der Waals surface area contributed by atoms with Crippen LogP contribution in [-0.4, -0.2) is 96.6 Å². The molecule has 12 nitrogen and oxygen atoms in total. The number of carboxylic acid groups (broad SMARTS) is 1. The number of carbonyl (C=O) groups excluding carboxylic acids is 3. The maximum absolute atomic E-state index is 13.0. The van der Waals surface area contributed by atoms with Crippen LogP contribution in [0.1, 0.15) is 44.7 Å². The van der Waals surface area contributed by atoms with Crippen molar-refractivity contribution in [2.24, 2.45) is 10.3 Å². The van der Waals surface area contributed by atoms with Crippen LogP contribution in [0.15, 0.2) is 107 Å². The van der Waals surface area contributed by atoms with E-state index in [-0.39, 0.29) is 31.3 Å². The molecule has 4 aromatic rings. The highest BCUT2D eigenvalue weighted by Crippen LogP contribution is 2.27. The number of methoxy groups -OCH3 is 1. The first kappa shape index (κ1) is 37.9. The van der Waals surface area contributed by atoms with E-state index in [9.17, 15) is 24.3 Å². The predicted molar refractivity (Wildman–Crippen MR) is 201 cm³/mol. The zero-order valence-corrected chi connectivity index (χ0v) is 30.3. The third-order valence-corrected chi connectivity index (χ3v) is 9.21. The average molecular weight is 719 g/mol. The van der Waals surface area contributed by atoms with Crippen LogP contribution in [0.25, 0.3) is 22.3 Å². The van der Waals surface area contributed by atoms with Gasteiger partial charge in [0, 0.05) is 24.0 Å². The second-order valence-electron chi connectivity index (χ2n) is 12.6. The van der Waals surface area contributed by atoms with Gasteiger partial charge in [-0.1, -0.05) is 83.1 Å². The smallest absolute Gasteiger partial charge is 0.329 e. The maximum atomic E-state index is 13.0. The fourth-order valence-corrected chi connectivity index (χ4v) is 6.50. The molecule has 0 unspecified atom stereocenters. The number of amides is 2. The number of likely N-dealkylation sites (tertiary alicyclic amines) is 2. The molecule has 2 heterocycles. The van der Waals surface area contributed by atoms with Gasteiger partial charge in [-0.05, 0) is 71.5 Å². The minimum absolute atomic E-state index is 0.156. The number of aliphatic carboxylic acids is 1. The normalized spacial score (nSPS) is 18.0. The summed E-state index contributed by atoms with van der Waals surface area (Å²) >= 11 is 0. The first-order valence-electron chi connectivity index (χ1n) is 17.0. The summed E-state index contributed by atoms with van der Waals surface area (Å²) in [6.45, 7) is 4.48. The van der Waals surface area contributed by atoms with E-state index in [2.05, 4.69) is 23.3 Å². The van der Waals surface area contributed by atoms with E-state index >= 15 is 0 Å². The van der Waals surface area contributed by atoms with Crippen molar-refractivity contribution in [1.29, 1.82) is 0 Å². The van der Waals surface area contributed by atoms with Gasteiger partial charge in [0.15, 0.2) is 0 Å². The second-order valence-corrected chi connectivity index (χ2v) is 12.6. The molecule has 274 valence electrons. The molecule has 4 aromatic carbocycles. The van der Waals surface area contributed by atoms with Gasteiger partial charge in [-0.25, -0.2) is 9.59 Å². The highest BCUT2D eigenvalue weighted by molar-refractivity contribution is 6.05. The summed E-state index contributed by atoms with van der Waals surface area (Å²) in [5.41, 5.74) is 8.74. The molecule has 2 amide bonds. The average Bonchev–Trinajstić information content (AvgIpc) is 3.80. The van der Waals surface area contributed by atoms with Crippen LogP contribution in [0.2, 0.25) is 0 Å². The Morgan fingerprint density at radius 3 is 1.38 bits per heavy atom. The van der Waals surface area contributed by atoms with Crippen LogP contribution < -0.4 is 0 Å². The van der Waals surface area contributed by atoms with E-state index < -0.39 is 24.0 Å². The molecule has 2 saturated heterocycles. The Morgan fingerprint density at radius 2 is 1.00 bits per heavy atom. The molecular formula is C41H42N4O8. The molecule has 2 aliphatic rings. The minimum atomic E-state index is -1.05. The lowest BCUT2D eigenvalue weighted by molar-refractivity contribution is -0.145. The topological polar surface area (TPSA) is 147 Å². The number of nitrogens with zero attached hydrogens (tertiary/aromatic N) is 4.